The summed E-state index contributed by atoms with van der Waals surface area (Å²) in [5, 5.41) is -0.451. The van der Waals surface area contributed by atoms with Crippen LogP contribution in [0, 0.1) is 0 Å². The topological polar surface area (TPSA) is 63.7 Å². The summed E-state index contributed by atoms with van der Waals surface area (Å²) in [6, 6.07) is 7.82. The molecule has 1 heterocycles. The predicted molar refractivity (Wildman–Crippen MR) is 89.8 cm³/mol. The van der Waals surface area contributed by atoms with Gasteiger partial charge in [0.1, 0.15) is 6.54 Å². The molecule has 2 rings (SSSR count). The number of ether oxygens (including phenoxy) is 1. The maximum absolute atomic E-state index is 12.2. The second kappa shape index (κ2) is 7.46. The molecule has 1 fully saturated rings. The highest BCUT2D eigenvalue weighted by molar-refractivity contribution is 8.18. The van der Waals surface area contributed by atoms with Gasteiger partial charge in [0.15, 0.2) is 0 Å². The van der Waals surface area contributed by atoms with E-state index < -0.39 is 17.1 Å². The summed E-state index contributed by atoms with van der Waals surface area (Å²) in [6.45, 7) is 5.76. The smallest absolute Gasteiger partial charge is 0.326 e. The second-order valence-corrected chi connectivity index (χ2v) is 6.39. The molecule has 0 spiro atoms. The van der Waals surface area contributed by atoms with Gasteiger partial charge < -0.3 is 4.74 Å². The van der Waals surface area contributed by atoms with Crippen LogP contribution in [0.4, 0.5) is 4.79 Å². The molecule has 5 nitrogen and oxygen atoms in total. The van der Waals surface area contributed by atoms with Gasteiger partial charge in [-0.1, -0.05) is 38.1 Å². The first kappa shape index (κ1) is 17.3. The standard InChI is InChI=1S/C17H19NO4S/c1-4-22-15(19)10-18-16(20)14(23-17(18)21)9-12-5-7-13(8-6-12)11(2)3/h5-9,11H,4,10H2,1-3H3/b14-9-. The summed E-state index contributed by atoms with van der Waals surface area (Å²) < 4.78 is 4.78. The molecule has 0 bridgehead atoms. The number of nitrogens with zero attached hydrogens (tertiary/aromatic N) is 1. The quantitative estimate of drug-likeness (QED) is 0.610. The van der Waals surface area contributed by atoms with E-state index in [1.54, 1.807) is 13.0 Å². The van der Waals surface area contributed by atoms with Crippen molar-refractivity contribution in [2.24, 2.45) is 0 Å². The van der Waals surface area contributed by atoms with Crippen LogP contribution in [0.15, 0.2) is 29.2 Å². The Morgan fingerprint density at radius 2 is 1.91 bits per heavy atom. The van der Waals surface area contributed by atoms with Crippen LogP contribution in [0.5, 0.6) is 0 Å². The summed E-state index contributed by atoms with van der Waals surface area (Å²) in [5.74, 6) is -0.612. The van der Waals surface area contributed by atoms with Crippen LogP contribution < -0.4 is 0 Å². The number of thioether (sulfide) groups is 1. The molecule has 1 aliphatic heterocycles. The van der Waals surface area contributed by atoms with Crippen LogP contribution in [-0.4, -0.2) is 35.2 Å². The molecule has 1 aromatic rings. The van der Waals surface area contributed by atoms with Gasteiger partial charge in [0.05, 0.1) is 11.5 Å². The molecule has 0 saturated carbocycles. The third kappa shape index (κ3) is 4.22. The Kier molecular flexibility index (Phi) is 5.60. The first-order valence-corrected chi connectivity index (χ1v) is 8.25. The van der Waals surface area contributed by atoms with Crippen LogP contribution in [-0.2, 0) is 14.3 Å². The van der Waals surface area contributed by atoms with Gasteiger partial charge >= 0.3 is 5.97 Å². The van der Waals surface area contributed by atoms with E-state index in [0.717, 1.165) is 22.2 Å². The number of carbonyl (C=O) groups is 3. The van der Waals surface area contributed by atoms with E-state index in [9.17, 15) is 14.4 Å². The first-order valence-electron chi connectivity index (χ1n) is 7.43. The Morgan fingerprint density at radius 3 is 2.48 bits per heavy atom. The Bertz CT molecular complexity index is 649. The molecule has 1 saturated heterocycles. The van der Waals surface area contributed by atoms with Crippen molar-refractivity contribution in [1.82, 2.24) is 4.90 Å². The van der Waals surface area contributed by atoms with Crippen LogP contribution in [0.2, 0.25) is 0 Å². The van der Waals surface area contributed by atoms with Gasteiger partial charge in [-0.3, -0.25) is 19.3 Å². The third-order valence-electron chi connectivity index (χ3n) is 3.37. The molecule has 0 aromatic heterocycles. The average molecular weight is 333 g/mol. The zero-order chi connectivity index (χ0) is 17.0. The lowest BCUT2D eigenvalue weighted by atomic mass is 10.0. The van der Waals surface area contributed by atoms with E-state index in [2.05, 4.69) is 13.8 Å². The van der Waals surface area contributed by atoms with E-state index in [0.29, 0.717) is 10.8 Å². The fourth-order valence-corrected chi connectivity index (χ4v) is 2.94. The van der Waals surface area contributed by atoms with E-state index in [-0.39, 0.29) is 13.2 Å². The van der Waals surface area contributed by atoms with Gasteiger partial charge in [-0.25, -0.2) is 0 Å². The van der Waals surface area contributed by atoms with Crippen LogP contribution in [0.3, 0.4) is 0 Å². The number of benzene rings is 1. The van der Waals surface area contributed by atoms with Crippen LogP contribution in [0.1, 0.15) is 37.8 Å². The molecule has 1 aliphatic rings. The van der Waals surface area contributed by atoms with Gasteiger partial charge in [0.25, 0.3) is 11.1 Å². The van der Waals surface area contributed by atoms with Gasteiger partial charge in [-0.2, -0.15) is 0 Å². The third-order valence-corrected chi connectivity index (χ3v) is 4.27. The van der Waals surface area contributed by atoms with E-state index >= 15 is 0 Å². The fourth-order valence-electron chi connectivity index (χ4n) is 2.10. The number of amides is 2. The molecule has 2 amide bonds. The van der Waals surface area contributed by atoms with Crippen molar-refractivity contribution >= 4 is 35.0 Å². The number of hydrogen-bond acceptors (Lipinski definition) is 5. The number of imide groups is 1. The minimum absolute atomic E-state index is 0.215. The largest absolute Gasteiger partial charge is 0.465 e. The van der Waals surface area contributed by atoms with Gasteiger partial charge in [-0.15, -0.1) is 0 Å². The molecule has 0 N–H and O–H groups in total. The lowest BCUT2D eigenvalue weighted by molar-refractivity contribution is -0.145. The number of hydrogen-bond donors (Lipinski definition) is 0. The van der Waals surface area contributed by atoms with Crippen molar-refractivity contribution < 1.29 is 19.1 Å². The molecule has 1 aromatic carbocycles. The van der Waals surface area contributed by atoms with Crippen molar-refractivity contribution in [1.29, 1.82) is 0 Å². The maximum atomic E-state index is 12.2. The number of carbonyl (C=O) groups excluding carboxylic acids is 3. The highest BCUT2D eigenvalue weighted by atomic mass is 32.2. The molecule has 0 aliphatic carbocycles. The van der Waals surface area contributed by atoms with Crippen LogP contribution >= 0.6 is 11.8 Å². The van der Waals surface area contributed by atoms with Crippen molar-refractivity contribution in [2.45, 2.75) is 26.7 Å². The molecule has 6 heteroatoms. The van der Waals surface area contributed by atoms with Gasteiger partial charge in [0, 0.05) is 0 Å². The minimum atomic E-state index is -0.586. The van der Waals surface area contributed by atoms with E-state index in [4.69, 9.17) is 4.74 Å². The SMILES string of the molecule is CCOC(=O)CN1C(=O)S/C(=C\c2ccc(C(C)C)cc2)C1=O. The maximum Gasteiger partial charge on any atom is 0.326 e. The Labute approximate surface area is 139 Å². The highest BCUT2D eigenvalue weighted by Crippen LogP contribution is 2.32. The lowest BCUT2D eigenvalue weighted by Gasteiger charge is -2.10. The lowest BCUT2D eigenvalue weighted by Crippen LogP contribution is -2.34. The molecular weight excluding hydrogens is 314 g/mol. The van der Waals surface area contributed by atoms with Crippen molar-refractivity contribution in [2.75, 3.05) is 13.2 Å². The first-order chi connectivity index (χ1) is 10.9. The highest BCUT2D eigenvalue weighted by Gasteiger charge is 2.36. The van der Waals surface area contributed by atoms with Crippen molar-refractivity contribution in [3.63, 3.8) is 0 Å². The Morgan fingerprint density at radius 1 is 1.26 bits per heavy atom. The number of rotatable bonds is 5. The average Bonchev–Trinajstić information content (AvgIpc) is 2.76. The number of esters is 1. The zero-order valence-corrected chi connectivity index (χ0v) is 14.2. The molecule has 23 heavy (non-hydrogen) atoms. The van der Waals surface area contributed by atoms with E-state index in [1.165, 1.54) is 5.56 Å². The fraction of sp³-hybridized carbons (Fsp3) is 0.353. The van der Waals surface area contributed by atoms with E-state index in [1.807, 2.05) is 24.3 Å². The van der Waals surface area contributed by atoms with Gasteiger partial charge in [0.2, 0.25) is 0 Å². The Balaban J connectivity index is 2.13. The summed E-state index contributed by atoms with van der Waals surface area (Å²) in [7, 11) is 0. The van der Waals surface area contributed by atoms with Crippen molar-refractivity contribution in [3.8, 4) is 0 Å². The normalized spacial score (nSPS) is 16.5. The molecule has 122 valence electrons. The van der Waals surface area contributed by atoms with Crippen LogP contribution in [0.25, 0.3) is 6.08 Å². The summed E-state index contributed by atoms with van der Waals surface area (Å²) >= 11 is 0.838. The summed E-state index contributed by atoms with van der Waals surface area (Å²) in [5.41, 5.74) is 2.05. The zero-order valence-electron chi connectivity index (χ0n) is 13.4. The summed E-state index contributed by atoms with van der Waals surface area (Å²) in [6.07, 6.45) is 1.67. The predicted octanol–water partition coefficient (Wildman–Crippen LogP) is 3.41. The molecule has 0 atom stereocenters. The minimum Gasteiger partial charge on any atom is -0.465 e. The second-order valence-electron chi connectivity index (χ2n) is 5.39. The molecule has 0 radical (unpaired) electrons. The van der Waals surface area contributed by atoms with Crippen molar-refractivity contribution in [3.05, 3.63) is 40.3 Å². The summed E-state index contributed by atoms with van der Waals surface area (Å²) in [4.78, 5) is 36.8. The molecule has 0 unspecified atom stereocenters. The Hall–Kier alpha value is -2.08. The molecular formula is C17H19NO4S. The van der Waals surface area contributed by atoms with Gasteiger partial charge in [-0.05, 0) is 41.8 Å². The monoisotopic (exact) mass is 333 g/mol.